The number of rotatable bonds is 1. The molecule has 1 aromatic rings. The highest BCUT2D eigenvalue weighted by molar-refractivity contribution is 8.25. The molecule has 4 heteroatoms. The predicted octanol–water partition coefficient (Wildman–Crippen LogP) is 4.11. The van der Waals surface area contributed by atoms with Crippen molar-refractivity contribution in [2.24, 2.45) is 0 Å². The van der Waals surface area contributed by atoms with E-state index in [-0.39, 0.29) is 5.78 Å². The van der Waals surface area contributed by atoms with Crippen LogP contribution in [0, 0.1) is 0 Å². The van der Waals surface area contributed by atoms with E-state index in [0.717, 1.165) is 47.7 Å². The minimum Gasteiger partial charge on any atom is -0.465 e. The minimum absolute atomic E-state index is 0.231. The van der Waals surface area contributed by atoms with Crippen LogP contribution in [0.25, 0.3) is 6.08 Å². The van der Waals surface area contributed by atoms with Crippen molar-refractivity contribution in [2.75, 3.05) is 11.5 Å². The minimum atomic E-state index is 0.231. The van der Waals surface area contributed by atoms with Crippen molar-refractivity contribution < 1.29 is 9.21 Å². The predicted molar refractivity (Wildman–Crippen MR) is 77.5 cm³/mol. The van der Waals surface area contributed by atoms with E-state index < -0.39 is 0 Å². The molecular formula is C14H14O2S2. The topological polar surface area (TPSA) is 30.2 Å². The zero-order valence-electron chi connectivity index (χ0n) is 9.98. The van der Waals surface area contributed by atoms with Crippen molar-refractivity contribution >= 4 is 35.4 Å². The third-order valence-corrected chi connectivity index (χ3v) is 5.89. The molecule has 0 unspecified atom stereocenters. The third kappa shape index (κ3) is 2.45. The van der Waals surface area contributed by atoms with Crippen LogP contribution >= 0.6 is 23.5 Å². The molecule has 0 aromatic carbocycles. The molecule has 1 saturated heterocycles. The fourth-order valence-electron chi connectivity index (χ4n) is 2.24. The van der Waals surface area contributed by atoms with Crippen molar-refractivity contribution in [2.45, 2.75) is 19.3 Å². The first kappa shape index (κ1) is 12.2. The monoisotopic (exact) mass is 278 g/mol. The molecule has 0 bridgehead atoms. The van der Waals surface area contributed by atoms with Gasteiger partial charge < -0.3 is 4.42 Å². The van der Waals surface area contributed by atoms with Crippen LogP contribution in [0.4, 0.5) is 0 Å². The van der Waals surface area contributed by atoms with Gasteiger partial charge in [-0.3, -0.25) is 4.79 Å². The van der Waals surface area contributed by atoms with Gasteiger partial charge in [0, 0.05) is 26.9 Å². The lowest BCUT2D eigenvalue weighted by Gasteiger charge is -2.17. The van der Waals surface area contributed by atoms with E-state index >= 15 is 0 Å². The SMILES string of the molecule is O=C1C(=C2SCCS2)CCC/C1=C/c1ccco1. The summed E-state index contributed by atoms with van der Waals surface area (Å²) in [5.74, 6) is 3.27. The number of furan rings is 1. The van der Waals surface area contributed by atoms with E-state index in [0.29, 0.717) is 0 Å². The van der Waals surface area contributed by atoms with Gasteiger partial charge in [-0.15, -0.1) is 23.5 Å². The van der Waals surface area contributed by atoms with E-state index in [9.17, 15) is 4.79 Å². The molecule has 2 aliphatic rings. The number of carbonyl (C=O) groups excluding carboxylic acids is 1. The Kier molecular flexibility index (Phi) is 3.66. The van der Waals surface area contributed by atoms with Crippen molar-refractivity contribution in [1.82, 2.24) is 0 Å². The average molecular weight is 278 g/mol. The molecule has 0 N–H and O–H groups in total. The quantitative estimate of drug-likeness (QED) is 0.723. The lowest BCUT2D eigenvalue weighted by molar-refractivity contribution is -0.112. The lowest BCUT2D eigenvalue weighted by Crippen LogP contribution is -2.13. The summed E-state index contributed by atoms with van der Waals surface area (Å²) in [6.45, 7) is 0. The first-order chi connectivity index (χ1) is 8.84. The Balaban J connectivity index is 1.89. The summed E-state index contributed by atoms with van der Waals surface area (Å²) in [5.41, 5.74) is 1.93. The second-order valence-electron chi connectivity index (χ2n) is 4.33. The second kappa shape index (κ2) is 5.41. The van der Waals surface area contributed by atoms with Crippen molar-refractivity contribution in [3.05, 3.63) is 39.5 Å². The van der Waals surface area contributed by atoms with Gasteiger partial charge in [-0.25, -0.2) is 0 Å². The summed E-state index contributed by atoms with van der Waals surface area (Å²) < 4.78 is 6.54. The Morgan fingerprint density at radius 2 is 2.06 bits per heavy atom. The van der Waals surface area contributed by atoms with Gasteiger partial charge in [0.25, 0.3) is 0 Å². The van der Waals surface area contributed by atoms with Gasteiger partial charge in [0.2, 0.25) is 0 Å². The fourth-order valence-corrected chi connectivity index (χ4v) is 4.85. The number of ketones is 1. The van der Waals surface area contributed by atoms with Crippen molar-refractivity contribution in [3.63, 3.8) is 0 Å². The summed E-state index contributed by atoms with van der Waals surface area (Å²) in [7, 11) is 0. The largest absolute Gasteiger partial charge is 0.465 e. The molecular weight excluding hydrogens is 264 g/mol. The van der Waals surface area contributed by atoms with Gasteiger partial charge >= 0.3 is 0 Å². The maximum atomic E-state index is 12.4. The Morgan fingerprint density at radius 1 is 1.22 bits per heavy atom. The highest BCUT2D eigenvalue weighted by Crippen LogP contribution is 2.42. The summed E-state index contributed by atoms with van der Waals surface area (Å²) in [4.78, 5) is 12.4. The molecule has 0 radical (unpaired) electrons. The van der Waals surface area contributed by atoms with E-state index in [1.165, 1.54) is 4.24 Å². The maximum Gasteiger partial charge on any atom is 0.186 e. The summed E-state index contributed by atoms with van der Waals surface area (Å²) in [6, 6.07) is 3.74. The van der Waals surface area contributed by atoms with Crippen LogP contribution in [-0.4, -0.2) is 17.3 Å². The number of hydrogen-bond donors (Lipinski definition) is 0. The van der Waals surface area contributed by atoms with Crippen molar-refractivity contribution in [1.29, 1.82) is 0 Å². The number of hydrogen-bond acceptors (Lipinski definition) is 4. The third-order valence-electron chi connectivity index (χ3n) is 3.09. The van der Waals surface area contributed by atoms with Crippen LogP contribution < -0.4 is 0 Å². The van der Waals surface area contributed by atoms with Crippen molar-refractivity contribution in [3.8, 4) is 0 Å². The summed E-state index contributed by atoms with van der Waals surface area (Å²) in [5, 5.41) is 0. The average Bonchev–Trinajstić information content (AvgIpc) is 3.04. The van der Waals surface area contributed by atoms with Crippen LogP contribution in [0.1, 0.15) is 25.0 Å². The van der Waals surface area contributed by atoms with Gasteiger partial charge in [-0.2, -0.15) is 0 Å². The Morgan fingerprint density at radius 3 is 2.78 bits per heavy atom. The standard InChI is InChI=1S/C14H14O2S2/c15-13-10(9-11-4-2-6-16-11)3-1-5-12(13)14-17-7-8-18-14/h2,4,6,9H,1,3,5,7-8H2/b10-9-. The van der Waals surface area contributed by atoms with E-state index in [2.05, 4.69) is 0 Å². The summed E-state index contributed by atoms with van der Waals surface area (Å²) in [6.07, 6.45) is 6.40. The lowest BCUT2D eigenvalue weighted by atomic mass is 9.89. The van der Waals surface area contributed by atoms with Gasteiger partial charge in [-0.1, -0.05) is 0 Å². The zero-order chi connectivity index (χ0) is 12.4. The van der Waals surface area contributed by atoms with E-state index in [1.54, 1.807) is 6.26 Å². The molecule has 3 rings (SSSR count). The van der Waals surface area contributed by atoms with Crippen LogP contribution in [0.5, 0.6) is 0 Å². The molecule has 0 atom stereocenters. The number of thioether (sulfide) groups is 2. The second-order valence-corrected chi connectivity index (χ2v) is 6.80. The molecule has 1 aromatic heterocycles. The van der Waals surface area contributed by atoms with Crippen LogP contribution in [0.2, 0.25) is 0 Å². The smallest absolute Gasteiger partial charge is 0.186 e. The number of Topliss-reactive ketones (excluding diaryl/α,β-unsaturated/α-hetero) is 1. The highest BCUT2D eigenvalue weighted by Gasteiger charge is 2.26. The maximum absolute atomic E-state index is 12.4. The first-order valence-electron chi connectivity index (χ1n) is 6.12. The molecule has 0 spiro atoms. The Bertz CT molecular complexity index is 504. The van der Waals surface area contributed by atoms with Crippen LogP contribution in [0.3, 0.4) is 0 Å². The van der Waals surface area contributed by atoms with Gasteiger partial charge in [0.05, 0.1) is 6.26 Å². The normalized spacial score (nSPS) is 23.1. The molecule has 2 nitrogen and oxygen atoms in total. The zero-order valence-corrected chi connectivity index (χ0v) is 11.6. The molecule has 2 fully saturated rings. The Hall–Kier alpha value is -0.870. The molecule has 1 aliphatic heterocycles. The highest BCUT2D eigenvalue weighted by atomic mass is 32.2. The molecule has 2 heterocycles. The molecule has 94 valence electrons. The van der Waals surface area contributed by atoms with Crippen LogP contribution in [-0.2, 0) is 4.79 Å². The van der Waals surface area contributed by atoms with Gasteiger partial charge in [-0.05, 0) is 37.5 Å². The Labute approximate surface area is 115 Å². The van der Waals surface area contributed by atoms with Gasteiger partial charge in [0.1, 0.15) is 5.76 Å². The molecule has 1 aliphatic carbocycles. The number of carbonyl (C=O) groups is 1. The molecule has 18 heavy (non-hydrogen) atoms. The fraction of sp³-hybridized carbons (Fsp3) is 0.357. The molecule has 1 saturated carbocycles. The van der Waals surface area contributed by atoms with E-state index in [4.69, 9.17) is 4.42 Å². The van der Waals surface area contributed by atoms with Gasteiger partial charge in [0.15, 0.2) is 5.78 Å². The van der Waals surface area contributed by atoms with E-state index in [1.807, 2.05) is 41.7 Å². The first-order valence-corrected chi connectivity index (χ1v) is 8.09. The molecule has 0 amide bonds. The number of allylic oxidation sites excluding steroid dienone is 2. The summed E-state index contributed by atoms with van der Waals surface area (Å²) >= 11 is 3.67. The van der Waals surface area contributed by atoms with Crippen LogP contribution in [0.15, 0.2) is 38.2 Å².